The first kappa shape index (κ1) is 17.8. The highest BCUT2D eigenvalue weighted by Gasteiger charge is 1.92. The maximum absolute atomic E-state index is 5.35. The highest BCUT2D eigenvalue weighted by atomic mass is 16.6. The highest BCUT2D eigenvalue weighted by molar-refractivity contribution is 4.40. The lowest BCUT2D eigenvalue weighted by Gasteiger charge is -2.07. The van der Waals surface area contributed by atoms with E-state index < -0.39 is 0 Å². The minimum absolute atomic E-state index is 0.552. The predicted octanol–water partition coefficient (Wildman–Crippen LogP) is -0.379. The van der Waals surface area contributed by atoms with Gasteiger partial charge in [-0.05, 0) is 6.54 Å². The summed E-state index contributed by atoms with van der Waals surface area (Å²) in [5, 5.41) is 3.18. The van der Waals surface area contributed by atoms with Crippen LogP contribution in [0, 0.1) is 0 Å². The maximum atomic E-state index is 5.35. The molecule has 18 heavy (non-hydrogen) atoms. The van der Waals surface area contributed by atoms with Crippen LogP contribution in [0.4, 0.5) is 0 Å². The minimum Gasteiger partial charge on any atom is -0.378 e. The Balaban J connectivity index is 2.86. The second-order valence-corrected chi connectivity index (χ2v) is 3.59. The molecule has 0 aliphatic carbocycles. The van der Waals surface area contributed by atoms with E-state index in [-0.39, 0.29) is 0 Å². The molecule has 0 rings (SSSR count). The van der Waals surface area contributed by atoms with Crippen LogP contribution in [0.5, 0.6) is 0 Å². The molecule has 3 N–H and O–H groups in total. The summed E-state index contributed by atoms with van der Waals surface area (Å²) in [4.78, 5) is 0. The van der Waals surface area contributed by atoms with E-state index in [1.807, 2.05) is 0 Å². The molecule has 0 unspecified atom stereocenters. The third-order valence-electron chi connectivity index (χ3n) is 2.05. The van der Waals surface area contributed by atoms with E-state index in [9.17, 15) is 0 Å². The fraction of sp³-hybridized carbons (Fsp3) is 1.00. The third kappa shape index (κ3) is 15.8. The van der Waals surface area contributed by atoms with Gasteiger partial charge in [0.15, 0.2) is 0 Å². The molecule has 0 fully saturated rings. The third-order valence-corrected chi connectivity index (χ3v) is 2.05. The SMILES string of the molecule is CCNCCOCCOCCOCCOCCN. The van der Waals surface area contributed by atoms with Gasteiger partial charge >= 0.3 is 0 Å². The molecule has 0 heterocycles. The van der Waals surface area contributed by atoms with Gasteiger partial charge in [0.2, 0.25) is 0 Å². The van der Waals surface area contributed by atoms with Crippen molar-refractivity contribution < 1.29 is 18.9 Å². The van der Waals surface area contributed by atoms with E-state index in [0.717, 1.165) is 19.7 Å². The average molecular weight is 264 g/mol. The fourth-order valence-corrected chi connectivity index (χ4v) is 1.17. The second-order valence-electron chi connectivity index (χ2n) is 3.59. The van der Waals surface area contributed by atoms with E-state index in [4.69, 9.17) is 24.7 Å². The lowest BCUT2D eigenvalue weighted by molar-refractivity contribution is -0.000596. The van der Waals surface area contributed by atoms with Crippen molar-refractivity contribution in [3.05, 3.63) is 0 Å². The number of ether oxygens (including phenoxy) is 4. The van der Waals surface area contributed by atoms with Crippen molar-refractivity contribution in [2.24, 2.45) is 5.73 Å². The first-order valence-corrected chi connectivity index (χ1v) is 6.63. The van der Waals surface area contributed by atoms with Crippen LogP contribution in [-0.4, -0.2) is 72.5 Å². The Morgan fingerprint density at radius 3 is 1.61 bits per heavy atom. The summed E-state index contributed by atoms with van der Waals surface area (Å²) >= 11 is 0. The van der Waals surface area contributed by atoms with E-state index in [0.29, 0.717) is 52.8 Å². The summed E-state index contributed by atoms with van der Waals surface area (Å²) < 4.78 is 21.1. The molecule has 0 amide bonds. The van der Waals surface area contributed by atoms with E-state index in [1.165, 1.54) is 0 Å². The largest absolute Gasteiger partial charge is 0.378 e. The van der Waals surface area contributed by atoms with Crippen LogP contribution >= 0.6 is 0 Å². The van der Waals surface area contributed by atoms with E-state index in [1.54, 1.807) is 0 Å². The number of rotatable bonds is 15. The van der Waals surface area contributed by atoms with Crippen LogP contribution in [0.1, 0.15) is 6.92 Å². The molecule has 0 radical (unpaired) electrons. The molecule has 0 aromatic heterocycles. The molecule has 0 bridgehead atoms. The topological polar surface area (TPSA) is 75.0 Å². The molecule has 6 nitrogen and oxygen atoms in total. The Morgan fingerprint density at radius 1 is 0.722 bits per heavy atom. The van der Waals surface area contributed by atoms with Gasteiger partial charge < -0.3 is 30.0 Å². The number of nitrogens with two attached hydrogens (primary N) is 1. The molecule has 0 aliphatic rings. The van der Waals surface area contributed by atoms with Crippen LogP contribution in [0.25, 0.3) is 0 Å². The second kappa shape index (κ2) is 16.8. The van der Waals surface area contributed by atoms with Gasteiger partial charge in [-0.15, -0.1) is 0 Å². The monoisotopic (exact) mass is 264 g/mol. The van der Waals surface area contributed by atoms with Gasteiger partial charge in [-0.25, -0.2) is 0 Å². The lowest BCUT2D eigenvalue weighted by atomic mass is 10.6. The average Bonchev–Trinajstić information content (AvgIpc) is 2.39. The van der Waals surface area contributed by atoms with Gasteiger partial charge in [0.05, 0.1) is 52.9 Å². The van der Waals surface area contributed by atoms with Gasteiger partial charge in [0.1, 0.15) is 0 Å². The highest BCUT2D eigenvalue weighted by Crippen LogP contribution is 1.82. The van der Waals surface area contributed by atoms with Gasteiger partial charge in [-0.3, -0.25) is 0 Å². The number of hydrogen-bond donors (Lipinski definition) is 2. The molecule has 0 saturated carbocycles. The molecular formula is C12H28N2O4. The zero-order valence-electron chi connectivity index (χ0n) is 11.5. The molecule has 0 aromatic rings. The van der Waals surface area contributed by atoms with Crippen LogP contribution in [-0.2, 0) is 18.9 Å². The van der Waals surface area contributed by atoms with Crippen molar-refractivity contribution in [2.75, 3.05) is 72.5 Å². The Labute approximate surface area is 110 Å². The fourth-order valence-electron chi connectivity index (χ4n) is 1.17. The first-order valence-electron chi connectivity index (χ1n) is 6.63. The summed E-state index contributed by atoms with van der Waals surface area (Å²) in [6, 6.07) is 0. The van der Waals surface area contributed by atoms with Crippen molar-refractivity contribution in [2.45, 2.75) is 6.92 Å². The summed E-state index contributed by atoms with van der Waals surface area (Å²) in [6.07, 6.45) is 0. The zero-order chi connectivity index (χ0) is 13.3. The Bertz CT molecular complexity index is 134. The normalized spacial score (nSPS) is 11.0. The first-order chi connectivity index (χ1) is 8.91. The molecule has 0 atom stereocenters. The molecule has 0 aliphatic heterocycles. The summed E-state index contributed by atoms with van der Waals surface area (Å²) in [5.74, 6) is 0. The standard InChI is InChI=1S/C12H28N2O4/c1-2-14-4-6-16-8-10-18-12-11-17-9-7-15-5-3-13/h14H,2-13H2,1H3. The van der Waals surface area contributed by atoms with Crippen LogP contribution in [0.3, 0.4) is 0 Å². The summed E-state index contributed by atoms with van der Waals surface area (Å²) in [7, 11) is 0. The number of nitrogens with one attached hydrogen (secondary N) is 1. The molecule has 110 valence electrons. The van der Waals surface area contributed by atoms with Crippen LogP contribution in [0.2, 0.25) is 0 Å². The molecule has 0 aromatic carbocycles. The van der Waals surface area contributed by atoms with Crippen molar-refractivity contribution in [1.29, 1.82) is 0 Å². The van der Waals surface area contributed by atoms with Crippen molar-refractivity contribution in [3.8, 4) is 0 Å². The maximum Gasteiger partial charge on any atom is 0.0701 e. The molecule has 0 saturated heterocycles. The number of hydrogen-bond acceptors (Lipinski definition) is 6. The predicted molar refractivity (Wildman–Crippen MR) is 70.9 cm³/mol. The van der Waals surface area contributed by atoms with Crippen molar-refractivity contribution >= 4 is 0 Å². The van der Waals surface area contributed by atoms with Crippen LogP contribution < -0.4 is 11.1 Å². The molecule has 0 spiro atoms. The summed E-state index contributed by atoms with van der Waals surface area (Å²) in [6.45, 7) is 9.40. The Morgan fingerprint density at radius 2 is 1.17 bits per heavy atom. The molecule has 6 heteroatoms. The number of likely N-dealkylation sites (N-methyl/N-ethyl adjacent to an activating group) is 1. The molecular weight excluding hydrogens is 236 g/mol. The van der Waals surface area contributed by atoms with E-state index in [2.05, 4.69) is 12.2 Å². The van der Waals surface area contributed by atoms with Gasteiger partial charge in [-0.1, -0.05) is 6.92 Å². The smallest absolute Gasteiger partial charge is 0.0701 e. The van der Waals surface area contributed by atoms with Crippen molar-refractivity contribution in [3.63, 3.8) is 0 Å². The van der Waals surface area contributed by atoms with Gasteiger partial charge in [0, 0.05) is 13.1 Å². The Hall–Kier alpha value is -0.240. The quantitative estimate of drug-likeness (QED) is 0.393. The van der Waals surface area contributed by atoms with Crippen molar-refractivity contribution in [1.82, 2.24) is 5.32 Å². The van der Waals surface area contributed by atoms with E-state index >= 15 is 0 Å². The lowest BCUT2D eigenvalue weighted by Crippen LogP contribution is -2.20. The zero-order valence-corrected chi connectivity index (χ0v) is 11.5. The summed E-state index contributed by atoms with van der Waals surface area (Å²) in [5.41, 5.74) is 5.27. The van der Waals surface area contributed by atoms with Gasteiger partial charge in [0.25, 0.3) is 0 Å². The minimum atomic E-state index is 0.552. The van der Waals surface area contributed by atoms with Gasteiger partial charge in [-0.2, -0.15) is 0 Å². The van der Waals surface area contributed by atoms with Crippen LogP contribution in [0.15, 0.2) is 0 Å². The Kier molecular flexibility index (Phi) is 16.5.